The number of carbonyl (C=O) groups excluding carboxylic acids is 2. The molecule has 0 aliphatic rings. The molecule has 0 heterocycles. The maximum atomic E-state index is 10.2. The van der Waals surface area contributed by atoms with Crippen molar-refractivity contribution in [2.45, 2.75) is 0 Å². The summed E-state index contributed by atoms with van der Waals surface area (Å²) in [6.07, 6.45) is 0.637. The number of nitrogens with one attached hydrogen (secondary N) is 1. The van der Waals surface area contributed by atoms with E-state index in [1.807, 2.05) is 0 Å². The van der Waals surface area contributed by atoms with Crippen LogP contribution in [-0.2, 0) is 9.63 Å². The van der Waals surface area contributed by atoms with E-state index in [1.165, 1.54) is 20.5 Å². The van der Waals surface area contributed by atoms with E-state index in [2.05, 4.69) is 10.2 Å². The van der Waals surface area contributed by atoms with E-state index in [9.17, 15) is 9.59 Å². The first kappa shape index (κ1) is 7.74. The van der Waals surface area contributed by atoms with Gasteiger partial charge in [-0.15, -0.1) is 0 Å². The fraction of sp³-hybridized carbons (Fsp3) is 0.500. The molecule has 5 nitrogen and oxygen atoms in total. The number of amides is 2. The van der Waals surface area contributed by atoms with Crippen molar-refractivity contribution in [1.82, 2.24) is 10.4 Å². The predicted molar refractivity (Wildman–Crippen MR) is 29.0 cm³/mol. The molecule has 0 rings (SSSR count). The Hall–Kier alpha value is -1.26. The smallest absolute Gasteiger partial charge is 0.323 e. The Bertz CT molecular complexity index is 114. The summed E-state index contributed by atoms with van der Waals surface area (Å²) in [5.41, 5.74) is 0. The minimum Gasteiger partial charge on any atom is -0.323 e. The van der Waals surface area contributed by atoms with Gasteiger partial charge in [-0.05, 0) is 0 Å². The number of hydrogen-bond acceptors (Lipinski definition) is 3. The monoisotopic (exact) mass is 131 g/mol. The average Bonchev–Trinajstić information content (AvgIpc) is 1.87. The number of hydrogen-bond donors (Lipinski definition) is 1. The van der Waals surface area contributed by atoms with E-state index in [4.69, 9.17) is 0 Å². The summed E-state index contributed by atoms with van der Waals surface area (Å²) in [5, 5.41) is 2.79. The highest BCUT2D eigenvalue weighted by atomic mass is 16.7. The molecule has 2 amide bonds. The van der Waals surface area contributed by atoms with Crippen molar-refractivity contribution in [3.05, 3.63) is 0 Å². The first-order valence-electron chi connectivity index (χ1n) is 2.22. The van der Waals surface area contributed by atoms with Crippen LogP contribution < -0.4 is 5.32 Å². The number of rotatable bonds is 2. The Morgan fingerprint density at radius 1 is 1.78 bits per heavy atom. The second-order valence-electron chi connectivity index (χ2n) is 1.22. The number of hydroxylamine groups is 2. The molecule has 0 bridgehead atoms. The van der Waals surface area contributed by atoms with E-state index in [0.717, 1.165) is 0 Å². The molecule has 0 saturated carbocycles. The van der Waals surface area contributed by atoms with Crippen LogP contribution in [0.1, 0.15) is 0 Å². The SMILES string of the molecule is CNC(=O)ON(C)[C]=O. The lowest BCUT2D eigenvalue weighted by Crippen LogP contribution is -2.28. The van der Waals surface area contributed by atoms with Gasteiger partial charge in [0, 0.05) is 14.1 Å². The largest absolute Gasteiger partial charge is 0.431 e. The Balaban J connectivity index is 3.46. The average molecular weight is 131 g/mol. The quantitative estimate of drug-likeness (QED) is 0.396. The molecule has 0 unspecified atom stereocenters. The van der Waals surface area contributed by atoms with Gasteiger partial charge in [-0.2, -0.15) is 5.06 Å². The molecule has 0 fully saturated rings. The Morgan fingerprint density at radius 3 is 2.67 bits per heavy atom. The zero-order valence-corrected chi connectivity index (χ0v) is 5.17. The van der Waals surface area contributed by atoms with Crippen LogP contribution in [0.25, 0.3) is 0 Å². The van der Waals surface area contributed by atoms with E-state index < -0.39 is 6.09 Å². The van der Waals surface area contributed by atoms with Crippen molar-refractivity contribution >= 4 is 12.5 Å². The molecular formula is C4H7N2O3. The molecule has 0 spiro atoms. The molecule has 51 valence electrons. The number of nitrogens with zero attached hydrogens (tertiary/aromatic N) is 1. The third-order valence-electron chi connectivity index (χ3n) is 0.553. The maximum Gasteiger partial charge on any atom is 0.431 e. The molecule has 1 radical (unpaired) electrons. The first-order chi connectivity index (χ1) is 4.20. The van der Waals surface area contributed by atoms with Crippen LogP contribution >= 0.6 is 0 Å². The standard InChI is InChI=1S/C4H7N2O3/c1-5-4(8)9-6(2)3-7/h1-2H3,(H,5,8). The van der Waals surface area contributed by atoms with Crippen molar-refractivity contribution in [3.63, 3.8) is 0 Å². The Kier molecular flexibility index (Phi) is 3.19. The van der Waals surface area contributed by atoms with Gasteiger partial charge < -0.3 is 10.2 Å². The normalized spacial score (nSPS) is 7.78. The summed E-state index contributed by atoms with van der Waals surface area (Å²) in [5.74, 6) is 0. The van der Waals surface area contributed by atoms with Gasteiger partial charge in [0.2, 0.25) is 0 Å². The summed E-state index contributed by atoms with van der Waals surface area (Å²) >= 11 is 0. The fourth-order valence-corrected chi connectivity index (χ4v) is 0.189. The lowest BCUT2D eigenvalue weighted by Gasteiger charge is -2.06. The van der Waals surface area contributed by atoms with Crippen LogP contribution in [-0.4, -0.2) is 31.7 Å². The van der Waals surface area contributed by atoms with Crippen molar-refractivity contribution in [2.24, 2.45) is 0 Å². The zero-order chi connectivity index (χ0) is 7.28. The minimum absolute atomic E-state index is 0.638. The van der Waals surface area contributed by atoms with E-state index in [-0.39, 0.29) is 0 Å². The molecule has 0 aromatic heterocycles. The number of carbonyl (C=O) groups is 1. The van der Waals surface area contributed by atoms with Crippen LogP contribution in [0.5, 0.6) is 0 Å². The van der Waals surface area contributed by atoms with Crippen molar-refractivity contribution in [2.75, 3.05) is 14.1 Å². The van der Waals surface area contributed by atoms with E-state index in [1.54, 1.807) is 0 Å². The minimum atomic E-state index is -0.694. The van der Waals surface area contributed by atoms with E-state index >= 15 is 0 Å². The zero-order valence-electron chi connectivity index (χ0n) is 5.17. The fourth-order valence-electron chi connectivity index (χ4n) is 0.189. The summed E-state index contributed by atoms with van der Waals surface area (Å²) in [4.78, 5) is 24.1. The van der Waals surface area contributed by atoms with Crippen LogP contribution in [0.3, 0.4) is 0 Å². The Labute approximate surface area is 52.5 Å². The Morgan fingerprint density at radius 2 is 2.33 bits per heavy atom. The maximum absolute atomic E-state index is 10.2. The first-order valence-corrected chi connectivity index (χ1v) is 2.22. The van der Waals surface area contributed by atoms with Gasteiger partial charge in [-0.25, -0.2) is 4.79 Å². The van der Waals surface area contributed by atoms with Crippen LogP contribution in [0.2, 0.25) is 0 Å². The van der Waals surface area contributed by atoms with Crippen molar-refractivity contribution in [3.8, 4) is 0 Å². The van der Waals surface area contributed by atoms with Crippen LogP contribution in [0, 0.1) is 0 Å². The molecule has 1 N–H and O–H groups in total. The second-order valence-corrected chi connectivity index (χ2v) is 1.22. The molecule has 0 aliphatic carbocycles. The molecule has 0 saturated heterocycles. The predicted octanol–water partition coefficient (Wildman–Crippen LogP) is -0.744. The van der Waals surface area contributed by atoms with Gasteiger partial charge in [0.05, 0.1) is 0 Å². The van der Waals surface area contributed by atoms with Crippen molar-refractivity contribution in [1.29, 1.82) is 0 Å². The molecule has 5 heteroatoms. The lowest BCUT2D eigenvalue weighted by molar-refractivity contribution is -0.0151. The topological polar surface area (TPSA) is 58.6 Å². The summed E-state index contributed by atoms with van der Waals surface area (Å²) in [6.45, 7) is 0. The highest BCUT2D eigenvalue weighted by Gasteiger charge is 2.00. The summed E-state index contributed by atoms with van der Waals surface area (Å²) < 4.78 is 0. The molecule has 0 aromatic carbocycles. The molecule has 0 atom stereocenters. The highest BCUT2D eigenvalue weighted by Crippen LogP contribution is 1.78. The highest BCUT2D eigenvalue weighted by molar-refractivity contribution is 5.67. The summed E-state index contributed by atoms with van der Waals surface area (Å²) in [7, 11) is 2.66. The van der Waals surface area contributed by atoms with Gasteiger partial charge in [-0.3, -0.25) is 4.79 Å². The van der Waals surface area contributed by atoms with Crippen LogP contribution in [0.4, 0.5) is 4.79 Å². The van der Waals surface area contributed by atoms with Crippen molar-refractivity contribution < 1.29 is 14.4 Å². The van der Waals surface area contributed by atoms with Crippen LogP contribution in [0.15, 0.2) is 0 Å². The second kappa shape index (κ2) is 3.71. The molecule has 9 heavy (non-hydrogen) atoms. The van der Waals surface area contributed by atoms with Gasteiger partial charge in [0.25, 0.3) is 0 Å². The van der Waals surface area contributed by atoms with E-state index in [0.29, 0.717) is 5.06 Å². The van der Waals surface area contributed by atoms with Gasteiger partial charge in [-0.1, -0.05) is 0 Å². The van der Waals surface area contributed by atoms with Gasteiger partial charge >= 0.3 is 12.5 Å². The lowest BCUT2D eigenvalue weighted by atomic mass is 11.1. The molecule has 0 aromatic rings. The summed E-state index contributed by atoms with van der Waals surface area (Å²) in [6, 6.07) is 0. The van der Waals surface area contributed by atoms with Gasteiger partial charge in [0.1, 0.15) is 0 Å². The third-order valence-corrected chi connectivity index (χ3v) is 0.553. The van der Waals surface area contributed by atoms with Gasteiger partial charge in [0.15, 0.2) is 0 Å². The third kappa shape index (κ3) is 3.33. The molecule has 0 aliphatic heterocycles. The molecular weight excluding hydrogens is 124 g/mol.